The molecule has 212 valence electrons. The number of thioether (sulfide) groups is 1. The first-order valence-corrected chi connectivity index (χ1v) is 15.6. The van der Waals surface area contributed by atoms with E-state index < -0.39 is 28.7 Å². The number of rotatable bonds is 13. The number of benzene rings is 1. The summed E-state index contributed by atoms with van der Waals surface area (Å²) in [7, 11) is 1.73. The highest BCUT2D eigenvalue weighted by molar-refractivity contribution is 9.09. The second kappa shape index (κ2) is 12.6. The average molecular weight is 619 g/mol. The normalized spacial score (nSPS) is 29.7. The minimum absolute atomic E-state index is 0.00914. The number of hydrogen-bond acceptors (Lipinski definition) is 5. The summed E-state index contributed by atoms with van der Waals surface area (Å²) in [5.74, 6) is -1.65. The van der Waals surface area contributed by atoms with Crippen molar-refractivity contribution >= 4 is 45.4 Å². The molecule has 7 nitrogen and oxygen atoms in total. The Morgan fingerprint density at radius 2 is 1.90 bits per heavy atom. The summed E-state index contributed by atoms with van der Waals surface area (Å²) in [6.07, 6.45) is 6.89. The molecule has 0 radical (unpaired) electrons. The van der Waals surface area contributed by atoms with E-state index in [0.29, 0.717) is 26.1 Å². The molecular formula is C30H40BrN3O4S. The molecule has 3 aliphatic heterocycles. The maximum atomic E-state index is 14.5. The number of aliphatic hydroxyl groups excluding tert-OH is 1. The first-order valence-electron chi connectivity index (χ1n) is 13.8. The molecule has 1 spiro atoms. The molecular weight excluding hydrogens is 578 g/mol. The van der Waals surface area contributed by atoms with E-state index in [-0.39, 0.29) is 34.4 Å². The molecule has 0 aliphatic carbocycles. The van der Waals surface area contributed by atoms with Crippen molar-refractivity contribution < 1.29 is 19.5 Å². The van der Waals surface area contributed by atoms with Crippen molar-refractivity contribution in [3.63, 3.8) is 0 Å². The van der Waals surface area contributed by atoms with Gasteiger partial charge in [0.05, 0.1) is 29.2 Å². The van der Waals surface area contributed by atoms with Crippen LogP contribution in [0.25, 0.3) is 0 Å². The fraction of sp³-hybridized carbons (Fsp3) is 0.567. The molecule has 3 fully saturated rings. The Morgan fingerprint density at radius 1 is 1.21 bits per heavy atom. The highest BCUT2D eigenvalue weighted by atomic mass is 79.9. The zero-order chi connectivity index (χ0) is 28.3. The number of carbonyl (C=O) groups excluding carboxylic acids is 3. The lowest BCUT2D eigenvalue weighted by Crippen LogP contribution is -2.56. The van der Waals surface area contributed by atoms with Gasteiger partial charge in [-0.05, 0) is 18.4 Å². The summed E-state index contributed by atoms with van der Waals surface area (Å²) >= 11 is 5.45. The van der Waals surface area contributed by atoms with Crippen molar-refractivity contribution in [1.82, 2.24) is 14.7 Å². The van der Waals surface area contributed by atoms with E-state index >= 15 is 0 Å². The summed E-state index contributed by atoms with van der Waals surface area (Å²) in [6, 6.07) is 7.89. The smallest absolute Gasteiger partial charge is 0.247 e. The number of aliphatic hydroxyl groups is 1. The van der Waals surface area contributed by atoms with Gasteiger partial charge in [0, 0.05) is 36.8 Å². The molecule has 0 aromatic heterocycles. The van der Waals surface area contributed by atoms with Gasteiger partial charge in [0.1, 0.15) is 6.04 Å². The lowest BCUT2D eigenvalue weighted by atomic mass is 9.70. The van der Waals surface area contributed by atoms with E-state index in [4.69, 9.17) is 0 Å². The maximum Gasteiger partial charge on any atom is 0.247 e. The maximum absolute atomic E-state index is 14.5. The molecule has 3 amide bonds. The van der Waals surface area contributed by atoms with Crippen LogP contribution < -0.4 is 0 Å². The summed E-state index contributed by atoms with van der Waals surface area (Å²) in [5, 5.41) is 10.5. The molecule has 1 aromatic carbocycles. The van der Waals surface area contributed by atoms with Crippen LogP contribution in [-0.4, -0.2) is 91.7 Å². The Kier molecular flexibility index (Phi) is 9.65. The monoisotopic (exact) mass is 617 g/mol. The van der Waals surface area contributed by atoms with Gasteiger partial charge in [0.25, 0.3) is 0 Å². The van der Waals surface area contributed by atoms with Crippen LogP contribution in [0.1, 0.15) is 44.2 Å². The van der Waals surface area contributed by atoms with Gasteiger partial charge in [-0.1, -0.05) is 78.2 Å². The van der Waals surface area contributed by atoms with Crippen LogP contribution in [0.15, 0.2) is 55.6 Å². The highest BCUT2D eigenvalue weighted by Crippen LogP contribution is 2.68. The quantitative estimate of drug-likeness (QED) is 0.205. The number of hydrogen-bond donors (Lipinski definition) is 1. The molecule has 3 saturated heterocycles. The van der Waals surface area contributed by atoms with Gasteiger partial charge in [-0.15, -0.1) is 24.9 Å². The van der Waals surface area contributed by atoms with E-state index in [9.17, 15) is 19.5 Å². The van der Waals surface area contributed by atoms with Gasteiger partial charge in [0.2, 0.25) is 17.7 Å². The first-order chi connectivity index (χ1) is 18.8. The molecule has 1 N–H and O–H groups in total. The zero-order valence-corrected chi connectivity index (χ0v) is 25.3. The number of fused-ring (bicyclic) bond motifs is 1. The third kappa shape index (κ3) is 5.22. The molecule has 3 aliphatic rings. The number of amides is 3. The van der Waals surface area contributed by atoms with E-state index in [1.54, 1.807) is 45.7 Å². The third-order valence-electron chi connectivity index (χ3n) is 8.41. The van der Waals surface area contributed by atoms with E-state index in [1.807, 2.05) is 30.3 Å². The predicted octanol–water partition coefficient (Wildman–Crippen LogP) is 4.03. The number of nitrogens with zero attached hydrogens (tertiary/aromatic N) is 3. The van der Waals surface area contributed by atoms with Crippen LogP contribution >= 0.6 is 27.7 Å². The molecule has 3 unspecified atom stereocenters. The Balaban J connectivity index is 1.82. The zero-order valence-electron chi connectivity index (χ0n) is 22.9. The van der Waals surface area contributed by atoms with Crippen molar-refractivity contribution in [2.75, 3.05) is 33.3 Å². The minimum Gasteiger partial charge on any atom is -0.394 e. The lowest BCUT2D eigenvalue weighted by molar-refractivity contribution is -0.147. The summed E-state index contributed by atoms with van der Waals surface area (Å²) < 4.78 is -0.769. The second-order valence-electron chi connectivity index (χ2n) is 10.8. The van der Waals surface area contributed by atoms with E-state index in [0.717, 1.165) is 24.8 Å². The van der Waals surface area contributed by atoms with Crippen LogP contribution in [0.3, 0.4) is 0 Å². The predicted molar refractivity (Wildman–Crippen MR) is 159 cm³/mol. The highest BCUT2D eigenvalue weighted by Gasteiger charge is 2.76. The van der Waals surface area contributed by atoms with E-state index in [2.05, 4.69) is 36.0 Å². The van der Waals surface area contributed by atoms with Crippen molar-refractivity contribution in [3.8, 4) is 0 Å². The van der Waals surface area contributed by atoms with Crippen LogP contribution in [-0.2, 0) is 14.4 Å². The number of halogens is 1. The first kappa shape index (κ1) is 29.9. The molecule has 3 heterocycles. The van der Waals surface area contributed by atoms with Crippen molar-refractivity contribution in [3.05, 3.63) is 61.2 Å². The number of alkyl halides is 1. The average Bonchev–Trinajstić information content (AvgIpc) is 3.52. The SMILES string of the molecule is C=CCN(C)C(=O)[C@H]1[C@@H]2SC3(CC2Br)C(C(=O)N(CC=C)CCCCC)N([C@H](CO)c2ccccc2)C(=O)[C@H]13. The van der Waals surface area contributed by atoms with Gasteiger partial charge in [-0.3, -0.25) is 14.4 Å². The number of unbranched alkanes of at least 4 members (excludes halogenated alkanes) is 2. The van der Waals surface area contributed by atoms with Gasteiger partial charge >= 0.3 is 0 Å². The molecule has 9 heteroatoms. The van der Waals surface area contributed by atoms with Gasteiger partial charge in [0.15, 0.2) is 0 Å². The Bertz CT molecular complexity index is 1090. The third-order valence-corrected chi connectivity index (χ3v) is 11.6. The molecule has 2 bridgehead atoms. The number of likely N-dealkylation sites (tertiary alicyclic amines) is 1. The topological polar surface area (TPSA) is 81.2 Å². The largest absolute Gasteiger partial charge is 0.394 e. The molecule has 0 saturated carbocycles. The van der Waals surface area contributed by atoms with Gasteiger partial charge in [-0.2, -0.15) is 0 Å². The van der Waals surface area contributed by atoms with Crippen LogP contribution in [0.4, 0.5) is 0 Å². The van der Waals surface area contributed by atoms with E-state index in [1.165, 1.54) is 0 Å². The van der Waals surface area contributed by atoms with Crippen LogP contribution in [0, 0.1) is 11.8 Å². The Morgan fingerprint density at radius 3 is 2.51 bits per heavy atom. The van der Waals surface area contributed by atoms with Crippen molar-refractivity contribution in [2.45, 2.75) is 59.5 Å². The fourth-order valence-corrected chi connectivity index (χ4v) is 10.3. The van der Waals surface area contributed by atoms with Crippen molar-refractivity contribution in [2.24, 2.45) is 11.8 Å². The lowest BCUT2D eigenvalue weighted by Gasteiger charge is -2.40. The van der Waals surface area contributed by atoms with Crippen molar-refractivity contribution in [1.29, 1.82) is 0 Å². The van der Waals surface area contributed by atoms with Gasteiger partial charge < -0.3 is 19.8 Å². The fourth-order valence-electron chi connectivity index (χ4n) is 6.71. The molecule has 4 rings (SSSR count). The summed E-state index contributed by atoms with van der Waals surface area (Å²) in [4.78, 5) is 47.9. The second-order valence-corrected chi connectivity index (χ2v) is 13.5. The summed E-state index contributed by atoms with van der Waals surface area (Å²) in [6.45, 7) is 10.8. The number of likely N-dealkylation sites (N-methyl/N-ethyl adjacent to an activating group) is 1. The van der Waals surface area contributed by atoms with Gasteiger partial charge in [-0.25, -0.2) is 0 Å². The Labute approximate surface area is 244 Å². The molecule has 1 aromatic rings. The standard InChI is InChI=1S/C30H40BrN3O4S/c1-5-8-12-17-33(16-7-3)29(38)26-30-18-21(31)25(39-30)23(27(36)32(4)15-6-2)24(30)28(37)34(26)22(19-35)20-13-10-9-11-14-20/h6-7,9-11,13-14,21-26,35H,2-3,5,8,12,15-19H2,1,4H3/t21?,22-,23-,24+,25-,26?,30?/m1/s1. The summed E-state index contributed by atoms with van der Waals surface area (Å²) in [5.41, 5.74) is 0.769. The van der Waals surface area contributed by atoms with Crippen LogP contribution in [0.2, 0.25) is 0 Å². The molecule has 7 atom stereocenters. The molecule has 39 heavy (non-hydrogen) atoms. The Hall–Kier alpha value is -2.10. The minimum atomic E-state index is -0.800. The number of carbonyl (C=O) groups is 3. The van der Waals surface area contributed by atoms with Crippen LogP contribution in [0.5, 0.6) is 0 Å².